The summed E-state index contributed by atoms with van der Waals surface area (Å²) in [6.45, 7) is 6.00. The maximum Gasteiger partial charge on any atom is 0.298 e. The fourth-order valence-corrected chi connectivity index (χ4v) is 3.95. The van der Waals surface area contributed by atoms with Crippen LogP contribution in [0.3, 0.4) is 0 Å². The van der Waals surface area contributed by atoms with Crippen LogP contribution in [0, 0.1) is 0 Å². The third-order valence-corrected chi connectivity index (χ3v) is 6.63. The van der Waals surface area contributed by atoms with E-state index in [2.05, 4.69) is 5.32 Å². The molecule has 2 N–H and O–H groups in total. The van der Waals surface area contributed by atoms with Gasteiger partial charge in [-0.15, -0.1) is 0 Å². The van der Waals surface area contributed by atoms with E-state index in [1.54, 1.807) is 30.3 Å². The molecule has 0 radical (unpaired) electrons. The van der Waals surface area contributed by atoms with Crippen LogP contribution in [0.15, 0.2) is 77.7 Å². The molecule has 0 aromatic heterocycles. The SMILES string of the molecule is CCC(C)(C)c1ccc(Oc2ccccc2NC(=O)CCc2ccccc2)c(S(=O)(=O)O)c1. The van der Waals surface area contributed by atoms with Crippen molar-refractivity contribution in [2.45, 2.75) is 50.3 Å². The third-order valence-electron chi connectivity index (χ3n) is 5.75. The van der Waals surface area contributed by atoms with Gasteiger partial charge in [0.1, 0.15) is 10.6 Å². The van der Waals surface area contributed by atoms with E-state index in [0.717, 1.165) is 17.5 Å². The predicted octanol–water partition coefficient (Wildman–Crippen LogP) is 5.98. The average Bonchev–Trinajstić information content (AvgIpc) is 2.79. The molecule has 33 heavy (non-hydrogen) atoms. The van der Waals surface area contributed by atoms with Crippen LogP contribution >= 0.6 is 0 Å². The van der Waals surface area contributed by atoms with E-state index in [9.17, 15) is 17.8 Å². The monoisotopic (exact) mass is 467 g/mol. The molecule has 0 fully saturated rings. The van der Waals surface area contributed by atoms with Crippen molar-refractivity contribution in [3.63, 3.8) is 0 Å². The Morgan fingerprint density at radius 1 is 0.970 bits per heavy atom. The number of aryl methyl sites for hydroxylation is 1. The van der Waals surface area contributed by atoms with Crippen molar-refractivity contribution < 1.29 is 22.5 Å². The van der Waals surface area contributed by atoms with Gasteiger partial charge in [0.25, 0.3) is 10.1 Å². The molecule has 7 heteroatoms. The van der Waals surface area contributed by atoms with Crippen molar-refractivity contribution in [2.75, 3.05) is 5.32 Å². The van der Waals surface area contributed by atoms with Crippen molar-refractivity contribution >= 4 is 21.7 Å². The first-order valence-electron chi connectivity index (χ1n) is 10.8. The molecule has 0 heterocycles. The lowest BCUT2D eigenvalue weighted by molar-refractivity contribution is -0.116. The zero-order chi connectivity index (χ0) is 24.1. The van der Waals surface area contributed by atoms with Crippen molar-refractivity contribution in [1.82, 2.24) is 0 Å². The zero-order valence-electron chi connectivity index (χ0n) is 19.0. The Balaban J connectivity index is 1.83. The normalized spacial score (nSPS) is 11.8. The zero-order valence-corrected chi connectivity index (χ0v) is 19.9. The molecule has 0 aliphatic heterocycles. The molecular formula is C26H29NO5S. The Labute approximate surface area is 195 Å². The van der Waals surface area contributed by atoms with Gasteiger partial charge in [0, 0.05) is 6.42 Å². The van der Waals surface area contributed by atoms with E-state index in [1.165, 1.54) is 12.1 Å². The van der Waals surface area contributed by atoms with E-state index in [0.29, 0.717) is 12.1 Å². The van der Waals surface area contributed by atoms with Crippen LogP contribution in [0.5, 0.6) is 11.5 Å². The number of nitrogens with one attached hydrogen (secondary N) is 1. The highest BCUT2D eigenvalue weighted by molar-refractivity contribution is 7.86. The van der Waals surface area contributed by atoms with Crippen molar-refractivity contribution in [2.24, 2.45) is 0 Å². The van der Waals surface area contributed by atoms with Gasteiger partial charge in [-0.1, -0.05) is 69.3 Å². The number of carbonyl (C=O) groups excluding carboxylic acids is 1. The van der Waals surface area contributed by atoms with E-state index in [1.807, 2.05) is 51.1 Å². The smallest absolute Gasteiger partial charge is 0.298 e. The molecule has 174 valence electrons. The standard InChI is InChI=1S/C26H29NO5S/c1-4-26(2,3)20-15-16-23(24(18-20)33(29,30)31)32-22-13-9-8-12-21(22)27-25(28)17-14-19-10-6-5-7-11-19/h5-13,15-16,18H,4,14,17H2,1-3H3,(H,27,28)(H,29,30,31). The lowest BCUT2D eigenvalue weighted by Gasteiger charge is -2.24. The van der Waals surface area contributed by atoms with Crippen LogP contribution in [0.1, 0.15) is 44.7 Å². The first-order chi connectivity index (χ1) is 15.6. The van der Waals surface area contributed by atoms with E-state index >= 15 is 0 Å². The molecule has 0 aliphatic rings. The number of benzene rings is 3. The Morgan fingerprint density at radius 2 is 1.64 bits per heavy atom. The first-order valence-corrected chi connectivity index (χ1v) is 12.3. The number of amides is 1. The molecule has 0 aliphatic carbocycles. The average molecular weight is 468 g/mol. The number of rotatable bonds is 9. The summed E-state index contributed by atoms with van der Waals surface area (Å²) in [4.78, 5) is 12.2. The second kappa shape index (κ2) is 10.2. The maximum atomic E-state index is 12.5. The van der Waals surface area contributed by atoms with Crippen LogP contribution in [0.2, 0.25) is 0 Å². The molecule has 0 atom stereocenters. The van der Waals surface area contributed by atoms with Gasteiger partial charge >= 0.3 is 0 Å². The molecule has 0 unspecified atom stereocenters. The largest absolute Gasteiger partial charge is 0.454 e. The van der Waals surface area contributed by atoms with Gasteiger partial charge in [0.2, 0.25) is 5.91 Å². The van der Waals surface area contributed by atoms with Gasteiger partial charge in [-0.05, 0) is 53.6 Å². The van der Waals surface area contributed by atoms with Crippen LogP contribution in [-0.2, 0) is 26.7 Å². The van der Waals surface area contributed by atoms with Gasteiger partial charge in [-0.3, -0.25) is 9.35 Å². The number of hydrogen-bond donors (Lipinski definition) is 2. The fraction of sp³-hybridized carbons (Fsp3) is 0.269. The summed E-state index contributed by atoms with van der Waals surface area (Å²) in [5, 5.41) is 2.83. The van der Waals surface area contributed by atoms with Gasteiger partial charge in [0.05, 0.1) is 5.69 Å². The summed E-state index contributed by atoms with van der Waals surface area (Å²) in [6.07, 6.45) is 1.67. The summed E-state index contributed by atoms with van der Waals surface area (Å²) in [6, 6.07) is 21.2. The Morgan fingerprint density at radius 3 is 2.30 bits per heavy atom. The van der Waals surface area contributed by atoms with Crippen molar-refractivity contribution in [1.29, 1.82) is 0 Å². The number of hydrogen-bond acceptors (Lipinski definition) is 4. The minimum atomic E-state index is -4.53. The Hall–Kier alpha value is -3.16. The molecule has 0 saturated carbocycles. The van der Waals surface area contributed by atoms with Crippen LogP contribution in [0.25, 0.3) is 0 Å². The van der Waals surface area contributed by atoms with Gasteiger partial charge in [-0.25, -0.2) is 0 Å². The summed E-state index contributed by atoms with van der Waals surface area (Å²) in [7, 11) is -4.53. The van der Waals surface area contributed by atoms with E-state index in [4.69, 9.17) is 4.74 Å². The first kappa shape index (κ1) is 24.5. The highest BCUT2D eigenvalue weighted by atomic mass is 32.2. The predicted molar refractivity (Wildman–Crippen MR) is 129 cm³/mol. The second-order valence-corrected chi connectivity index (χ2v) is 9.90. The molecule has 0 spiro atoms. The van der Waals surface area contributed by atoms with Crippen LogP contribution < -0.4 is 10.1 Å². The molecule has 0 bridgehead atoms. The number of carbonyl (C=O) groups is 1. The molecular weight excluding hydrogens is 438 g/mol. The topological polar surface area (TPSA) is 92.7 Å². The lowest BCUT2D eigenvalue weighted by atomic mass is 9.82. The van der Waals surface area contributed by atoms with Crippen LogP contribution in [0.4, 0.5) is 5.69 Å². The lowest BCUT2D eigenvalue weighted by Crippen LogP contribution is -2.16. The number of anilines is 1. The highest BCUT2D eigenvalue weighted by Gasteiger charge is 2.24. The molecule has 0 saturated heterocycles. The van der Waals surface area contributed by atoms with Crippen molar-refractivity contribution in [3.05, 3.63) is 83.9 Å². The number of ether oxygens (including phenoxy) is 1. The van der Waals surface area contributed by atoms with E-state index in [-0.39, 0.29) is 34.1 Å². The fourth-order valence-electron chi connectivity index (χ4n) is 3.31. The summed E-state index contributed by atoms with van der Waals surface area (Å²) >= 11 is 0. The van der Waals surface area contributed by atoms with Crippen LogP contribution in [-0.4, -0.2) is 18.9 Å². The minimum Gasteiger partial charge on any atom is -0.454 e. The summed E-state index contributed by atoms with van der Waals surface area (Å²) in [5.41, 5.74) is 1.97. The minimum absolute atomic E-state index is 0.0147. The van der Waals surface area contributed by atoms with Gasteiger partial charge in [-0.2, -0.15) is 8.42 Å². The quantitative estimate of drug-likeness (QED) is 0.377. The maximum absolute atomic E-state index is 12.5. The molecule has 6 nitrogen and oxygen atoms in total. The summed E-state index contributed by atoms with van der Waals surface area (Å²) in [5.74, 6) is 0.0713. The highest BCUT2D eigenvalue weighted by Crippen LogP contribution is 2.37. The molecule has 3 rings (SSSR count). The third kappa shape index (κ3) is 6.43. The summed E-state index contributed by atoms with van der Waals surface area (Å²) < 4.78 is 39.9. The van der Waals surface area contributed by atoms with Gasteiger partial charge < -0.3 is 10.1 Å². The van der Waals surface area contributed by atoms with E-state index < -0.39 is 10.1 Å². The molecule has 3 aromatic rings. The van der Waals surface area contributed by atoms with Gasteiger partial charge in [0.15, 0.2) is 5.75 Å². The second-order valence-electron chi connectivity index (χ2n) is 8.51. The molecule has 1 amide bonds. The Kier molecular flexibility index (Phi) is 7.56. The Bertz CT molecular complexity index is 1220. The number of para-hydroxylation sites is 2. The van der Waals surface area contributed by atoms with Crippen molar-refractivity contribution in [3.8, 4) is 11.5 Å². The molecule has 3 aromatic carbocycles.